The normalized spacial score (nSPS) is 17.4. The number of halogens is 1. The summed E-state index contributed by atoms with van der Waals surface area (Å²) in [6, 6.07) is 16.4. The fraction of sp³-hybridized carbons (Fsp3) is 0.391. The van der Waals surface area contributed by atoms with E-state index in [2.05, 4.69) is 0 Å². The van der Waals surface area contributed by atoms with Gasteiger partial charge in [-0.2, -0.15) is 0 Å². The molecule has 0 unspecified atom stereocenters. The number of carbonyl (C=O) groups is 2. The van der Waals surface area contributed by atoms with E-state index in [1.54, 1.807) is 24.3 Å². The average Bonchev–Trinajstić information content (AvgIpc) is 2.75. The van der Waals surface area contributed by atoms with E-state index in [1.165, 1.54) is 4.90 Å². The Morgan fingerprint density at radius 3 is 2.00 bits per heavy atom. The molecule has 1 aliphatic rings. The van der Waals surface area contributed by atoms with Crippen LogP contribution >= 0.6 is 11.6 Å². The first-order chi connectivity index (χ1) is 14.5. The Morgan fingerprint density at radius 1 is 0.906 bits per heavy atom. The Morgan fingerprint density at radius 2 is 1.44 bits per heavy atom. The van der Waals surface area contributed by atoms with E-state index in [1.807, 2.05) is 30.3 Å². The molecule has 0 heterocycles. The number of aliphatic carboxylic acids is 1. The van der Waals surface area contributed by atoms with Crippen LogP contribution in [0.1, 0.15) is 25.7 Å². The van der Waals surface area contributed by atoms with Gasteiger partial charge in [0.1, 0.15) is 0 Å². The van der Waals surface area contributed by atoms with Crippen molar-refractivity contribution in [2.75, 3.05) is 24.7 Å². The fourth-order valence-electron chi connectivity index (χ4n) is 3.65. The van der Waals surface area contributed by atoms with E-state index in [4.69, 9.17) is 21.1 Å². The first-order valence-corrected chi connectivity index (χ1v) is 10.5. The predicted octanol–water partition coefficient (Wildman–Crippen LogP) is 0.367. The zero-order valence-corrected chi connectivity index (χ0v) is 20.9. The van der Waals surface area contributed by atoms with E-state index < -0.39 is 12.1 Å². The standard InChI is InChI=1S/C23H26ClNO5.Na.H2O/c24-19-10-12-21(13-11-19)25(20-4-2-1-3-5-20)23(28)30-15-18-8-6-17(7-9-18)14-29-16-22(26)27;;/h1-5,10-13,17-18H,6-9,14-16H2,(H,26,27);;1H2/q;+1;/p-1/t17-,18-;;. The molecule has 1 saturated carbocycles. The van der Waals surface area contributed by atoms with Gasteiger partial charge in [0.15, 0.2) is 0 Å². The average molecular weight is 472 g/mol. The number of para-hydroxylation sites is 1. The van der Waals surface area contributed by atoms with Crippen molar-refractivity contribution in [2.45, 2.75) is 25.7 Å². The SMILES string of the molecule is O.O=C([O-])COC[C@H]1CC[C@H](COC(=O)N(c2ccccc2)c2ccc(Cl)cc2)CC1.[Na+]. The summed E-state index contributed by atoms with van der Waals surface area (Å²) in [5, 5.41) is 11.0. The van der Waals surface area contributed by atoms with Gasteiger partial charge >= 0.3 is 35.7 Å². The number of anilines is 2. The van der Waals surface area contributed by atoms with Crippen LogP contribution in [-0.4, -0.2) is 37.4 Å². The summed E-state index contributed by atoms with van der Waals surface area (Å²) >= 11 is 5.99. The predicted molar refractivity (Wildman–Crippen MR) is 116 cm³/mol. The molecule has 32 heavy (non-hydrogen) atoms. The number of benzene rings is 2. The summed E-state index contributed by atoms with van der Waals surface area (Å²) in [7, 11) is 0. The summed E-state index contributed by atoms with van der Waals surface area (Å²) in [5.41, 5.74) is 1.41. The molecule has 1 aliphatic carbocycles. The third kappa shape index (κ3) is 8.73. The van der Waals surface area contributed by atoms with Gasteiger partial charge in [0.2, 0.25) is 0 Å². The number of carbonyl (C=O) groups excluding carboxylic acids is 2. The fourth-order valence-corrected chi connectivity index (χ4v) is 3.78. The molecule has 9 heteroatoms. The largest absolute Gasteiger partial charge is 1.00 e. The van der Waals surface area contributed by atoms with Crippen LogP contribution in [0.15, 0.2) is 54.6 Å². The molecular formula is C23H27ClNNaO6. The molecular weight excluding hydrogens is 445 g/mol. The van der Waals surface area contributed by atoms with Crippen molar-refractivity contribution < 1.29 is 59.2 Å². The quantitative estimate of drug-likeness (QED) is 0.516. The van der Waals surface area contributed by atoms with Gasteiger partial charge in [-0.15, -0.1) is 0 Å². The molecule has 168 valence electrons. The van der Waals surface area contributed by atoms with E-state index in [-0.39, 0.29) is 47.6 Å². The number of carboxylic acid groups (broad SMARTS) is 1. The number of rotatable bonds is 8. The Bertz CT molecular complexity index is 828. The monoisotopic (exact) mass is 471 g/mol. The van der Waals surface area contributed by atoms with Crippen molar-refractivity contribution in [1.82, 2.24) is 0 Å². The molecule has 0 radical (unpaired) electrons. The summed E-state index contributed by atoms with van der Waals surface area (Å²) < 4.78 is 10.8. The van der Waals surface area contributed by atoms with Gasteiger partial charge in [0.05, 0.1) is 30.6 Å². The Labute approximate surface area is 215 Å². The minimum atomic E-state index is -1.20. The minimum absolute atomic E-state index is 0. The molecule has 0 bridgehead atoms. The van der Waals surface area contributed by atoms with Crippen molar-refractivity contribution in [3.8, 4) is 0 Å². The molecule has 2 aromatic rings. The molecule has 0 spiro atoms. The second-order valence-corrected chi connectivity index (χ2v) is 7.93. The Kier molecular flexibility index (Phi) is 12.9. The van der Waals surface area contributed by atoms with Gasteiger partial charge in [-0.05, 0) is 73.9 Å². The number of ether oxygens (including phenoxy) is 2. The van der Waals surface area contributed by atoms with Crippen LogP contribution in [-0.2, 0) is 14.3 Å². The van der Waals surface area contributed by atoms with Crippen molar-refractivity contribution in [3.05, 3.63) is 59.6 Å². The van der Waals surface area contributed by atoms with Crippen molar-refractivity contribution >= 4 is 35.0 Å². The molecule has 0 saturated heterocycles. The van der Waals surface area contributed by atoms with E-state index in [9.17, 15) is 14.7 Å². The van der Waals surface area contributed by atoms with Crippen LogP contribution in [0.2, 0.25) is 5.02 Å². The molecule has 2 aromatic carbocycles. The van der Waals surface area contributed by atoms with Crippen molar-refractivity contribution in [1.29, 1.82) is 0 Å². The van der Waals surface area contributed by atoms with Crippen LogP contribution in [0.4, 0.5) is 16.2 Å². The molecule has 3 rings (SSSR count). The van der Waals surface area contributed by atoms with Crippen molar-refractivity contribution in [2.24, 2.45) is 11.8 Å². The van der Waals surface area contributed by atoms with Crippen LogP contribution in [0, 0.1) is 11.8 Å². The smallest absolute Gasteiger partial charge is 0.548 e. The third-order valence-corrected chi connectivity index (χ3v) is 5.52. The molecule has 7 nitrogen and oxygen atoms in total. The number of hydrogen-bond donors (Lipinski definition) is 0. The van der Waals surface area contributed by atoms with Gasteiger partial charge in [-0.3, -0.25) is 0 Å². The zero-order chi connectivity index (χ0) is 21.3. The first-order valence-electron chi connectivity index (χ1n) is 10.1. The first kappa shape index (κ1) is 28.4. The molecule has 1 amide bonds. The van der Waals surface area contributed by atoms with E-state index >= 15 is 0 Å². The molecule has 2 N–H and O–H groups in total. The van der Waals surface area contributed by atoms with Gasteiger partial charge in [0.25, 0.3) is 0 Å². The number of hydrogen-bond acceptors (Lipinski definition) is 5. The number of nitrogens with zero attached hydrogens (tertiary/aromatic N) is 1. The van der Waals surface area contributed by atoms with E-state index in [0.29, 0.717) is 29.8 Å². The third-order valence-electron chi connectivity index (χ3n) is 5.26. The molecule has 0 aromatic heterocycles. The van der Waals surface area contributed by atoms with Crippen molar-refractivity contribution in [3.63, 3.8) is 0 Å². The zero-order valence-electron chi connectivity index (χ0n) is 18.2. The summed E-state index contributed by atoms with van der Waals surface area (Å²) in [4.78, 5) is 24.9. The maximum Gasteiger partial charge on any atom is 1.00 e. The summed E-state index contributed by atoms with van der Waals surface area (Å²) in [5.74, 6) is -0.570. The number of carboxylic acids is 1. The van der Waals surface area contributed by atoms with E-state index in [0.717, 1.165) is 31.4 Å². The van der Waals surface area contributed by atoms with Gasteiger partial charge in [-0.1, -0.05) is 29.8 Å². The maximum absolute atomic E-state index is 12.9. The Hall–Kier alpha value is -1.61. The topological polar surface area (TPSA) is 110 Å². The Balaban J connectivity index is 0.00000256. The van der Waals surface area contributed by atoms with Gasteiger partial charge in [0, 0.05) is 11.6 Å². The number of amides is 1. The maximum atomic E-state index is 12.9. The second-order valence-electron chi connectivity index (χ2n) is 7.50. The van der Waals surface area contributed by atoms with Crippen LogP contribution in [0.3, 0.4) is 0 Å². The molecule has 0 aliphatic heterocycles. The molecule has 0 atom stereocenters. The molecule has 1 fully saturated rings. The van der Waals surface area contributed by atoms with Crippen LogP contribution in [0.25, 0.3) is 0 Å². The summed E-state index contributed by atoms with van der Waals surface area (Å²) in [6.07, 6.45) is 3.25. The van der Waals surface area contributed by atoms with Crippen LogP contribution < -0.4 is 39.6 Å². The second kappa shape index (κ2) is 14.5. The van der Waals surface area contributed by atoms with Gasteiger partial charge in [-0.25, -0.2) is 9.69 Å². The minimum Gasteiger partial charge on any atom is -0.548 e. The summed E-state index contributed by atoms with van der Waals surface area (Å²) in [6.45, 7) is 0.415. The van der Waals surface area contributed by atoms with Gasteiger partial charge < -0.3 is 24.9 Å². The van der Waals surface area contributed by atoms with Crippen LogP contribution in [0.5, 0.6) is 0 Å².